The molecule has 0 bridgehead atoms. The molecule has 228 valence electrons. The van der Waals surface area contributed by atoms with Gasteiger partial charge in [0.2, 0.25) is 0 Å². The molecule has 0 unspecified atom stereocenters. The van der Waals surface area contributed by atoms with Crippen LogP contribution in [0.2, 0.25) is 0 Å². The Hall–Kier alpha value is -2.36. The Bertz CT molecular complexity index is 905. The number of hydrogen-bond donors (Lipinski definition) is 0. The van der Waals surface area contributed by atoms with Crippen molar-refractivity contribution < 1.29 is 33.2 Å². The number of nitrogens with zero attached hydrogens (tertiary/aromatic N) is 3. The fourth-order valence-corrected chi connectivity index (χ4v) is 3.70. The Labute approximate surface area is 240 Å². The summed E-state index contributed by atoms with van der Waals surface area (Å²) < 4.78 is 33.3. The standard InChI is InChI=1S/C30H51N3O7/c1-28(2,3)24-21-23(22-25(29(4,5)6)26(24)39-27(34)40-30(7,8)9)11-10-13-35-15-17-37-19-20-38-18-16-36-14-12-32-33-31/h21-22H,10-20H2,1-9H3. The molecule has 0 heterocycles. The van der Waals surface area contributed by atoms with Crippen LogP contribution in [0.1, 0.15) is 85.4 Å². The largest absolute Gasteiger partial charge is 0.514 e. The van der Waals surface area contributed by atoms with Crippen molar-refractivity contribution in [1.82, 2.24) is 0 Å². The third kappa shape index (κ3) is 15.4. The van der Waals surface area contributed by atoms with Gasteiger partial charge in [-0.1, -0.05) is 58.8 Å². The highest BCUT2D eigenvalue weighted by Gasteiger charge is 2.30. The second-order valence-corrected chi connectivity index (χ2v) is 12.6. The molecule has 0 aliphatic heterocycles. The molecule has 1 aromatic carbocycles. The SMILES string of the molecule is CC(C)(C)OC(=O)Oc1c(C(C)(C)C)cc(CCCOCCOCCOCCOCCN=[N+]=[N-])cc1C(C)(C)C. The number of carbonyl (C=O) groups excluding carboxylic acids is 1. The fourth-order valence-electron chi connectivity index (χ4n) is 3.70. The molecule has 0 fully saturated rings. The van der Waals surface area contributed by atoms with E-state index in [0.717, 1.165) is 24.0 Å². The average molecular weight is 566 g/mol. The summed E-state index contributed by atoms with van der Waals surface area (Å²) in [6, 6.07) is 4.28. The Morgan fingerprint density at radius 3 is 1.62 bits per heavy atom. The van der Waals surface area contributed by atoms with E-state index in [2.05, 4.69) is 63.7 Å². The van der Waals surface area contributed by atoms with Crippen LogP contribution in [-0.2, 0) is 40.9 Å². The van der Waals surface area contributed by atoms with E-state index in [1.807, 2.05) is 20.8 Å². The molecule has 1 aromatic rings. The molecule has 0 saturated carbocycles. The fraction of sp³-hybridized carbons (Fsp3) is 0.767. The molecule has 0 amide bonds. The van der Waals surface area contributed by atoms with Gasteiger partial charge in [-0.15, -0.1) is 0 Å². The quantitative estimate of drug-likeness (QED) is 0.0502. The lowest BCUT2D eigenvalue weighted by Crippen LogP contribution is -2.28. The number of aryl methyl sites for hydroxylation is 1. The first-order valence-corrected chi connectivity index (χ1v) is 14.1. The van der Waals surface area contributed by atoms with Crippen molar-refractivity contribution in [1.29, 1.82) is 0 Å². The Morgan fingerprint density at radius 2 is 1.20 bits per heavy atom. The molecule has 10 nitrogen and oxygen atoms in total. The number of azide groups is 1. The van der Waals surface area contributed by atoms with E-state index >= 15 is 0 Å². The molecule has 0 radical (unpaired) electrons. The summed E-state index contributed by atoms with van der Waals surface area (Å²) in [6.45, 7) is 22.5. The van der Waals surface area contributed by atoms with E-state index in [1.54, 1.807) is 0 Å². The molecule has 0 aliphatic carbocycles. The van der Waals surface area contributed by atoms with E-state index in [4.69, 9.17) is 34.0 Å². The minimum absolute atomic E-state index is 0.231. The molecule has 0 atom stereocenters. The molecule has 1 rings (SSSR count). The number of benzene rings is 1. The van der Waals surface area contributed by atoms with Gasteiger partial charge in [0.1, 0.15) is 11.4 Å². The summed E-state index contributed by atoms with van der Waals surface area (Å²) in [6.07, 6.45) is 1.02. The van der Waals surface area contributed by atoms with E-state index in [0.29, 0.717) is 65.1 Å². The smallest absolute Gasteiger partial charge is 0.428 e. The Kier molecular flexibility index (Phi) is 15.6. The predicted molar refractivity (Wildman–Crippen MR) is 156 cm³/mol. The van der Waals surface area contributed by atoms with Crippen LogP contribution in [0.4, 0.5) is 4.79 Å². The Balaban J connectivity index is 2.54. The topological polar surface area (TPSA) is 121 Å². The zero-order chi connectivity index (χ0) is 30.2. The third-order valence-electron chi connectivity index (χ3n) is 5.61. The van der Waals surface area contributed by atoms with Gasteiger partial charge in [-0.05, 0) is 55.5 Å². The summed E-state index contributed by atoms with van der Waals surface area (Å²) >= 11 is 0. The van der Waals surface area contributed by atoms with Gasteiger partial charge in [0, 0.05) is 29.2 Å². The van der Waals surface area contributed by atoms with Crippen molar-refractivity contribution >= 4 is 6.16 Å². The van der Waals surface area contributed by atoms with Crippen LogP contribution < -0.4 is 4.74 Å². The number of rotatable bonds is 17. The molecule has 0 spiro atoms. The monoisotopic (exact) mass is 565 g/mol. The van der Waals surface area contributed by atoms with Gasteiger partial charge in [-0.2, -0.15) is 0 Å². The summed E-state index contributed by atoms with van der Waals surface area (Å²) in [7, 11) is 0. The maximum Gasteiger partial charge on any atom is 0.514 e. The van der Waals surface area contributed by atoms with Gasteiger partial charge in [-0.25, -0.2) is 4.79 Å². The molecular weight excluding hydrogens is 514 g/mol. The summed E-state index contributed by atoms with van der Waals surface area (Å²) in [5.41, 5.74) is 10.2. The zero-order valence-electron chi connectivity index (χ0n) is 26.1. The second kappa shape index (κ2) is 17.5. The van der Waals surface area contributed by atoms with E-state index in [1.165, 1.54) is 5.56 Å². The lowest BCUT2D eigenvalue weighted by atomic mass is 9.78. The average Bonchev–Trinajstić information content (AvgIpc) is 2.81. The van der Waals surface area contributed by atoms with Gasteiger partial charge in [-0.3, -0.25) is 0 Å². The Morgan fingerprint density at radius 1 is 0.750 bits per heavy atom. The van der Waals surface area contributed by atoms with Crippen molar-refractivity contribution in [3.8, 4) is 5.75 Å². The van der Waals surface area contributed by atoms with Crippen molar-refractivity contribution in [3.05, 3.63) is 39.3 Å². The molecule has 0 aliphatic rings. The lowest BCUT2D eigenvalue weighted by molar-refractivity contribution is -0.00117. The second-order valence-electron chi connectivity index (χ2n) is 12.6. The van der Waals surface area contributed by atoms with Crippen molar-refractivity contribution in [2.45, 2.75) is 91.6 Å². The predicted octanol–water partition coefficient (Wildman–Crippen LogP) is 6.90. The highest BCUT2D eigenvalue weighted by atomic mass is 16.7. The van der Waals surface area contributed by atoms with Gasteiger partial charge >= 0.3 is 6.16 Å². The van der Waals surface area contributed by atoms with E-state index in [-0.39, 0.29) is 10.8 Å². The van der Waals surface area contributed by atoms with Crippen LogP contribution in [-0.4, -0.2) is 71.2 Å². The van der Waals surface area contributed by atoms with Crippen LogP contribution in [0.15, 0.2) is 17.2 Å². The molecule has 40 heavy (non-hydrogen) atoms. The van der Waals surface area contributed by atoms with Crippen LogP contribution >= 0.6 is 0 Å². The minimum Gasteiger partial charge on any atom is -0.428 e. The number of carbonyl (C=O) groups is 1. The first-order chi connectivity index (χ1) is 18.6. The minimum atomic E-state index is -0.689. The highest BCUT2D eigenvalue weighted by molar-refractivity contribution is 5.67. The summed E-state index contributed by atoms with van der Waals surface area (Å²) in [4.78, 5) is 15.3. The summed E-state index contributed by atoms with van der Waals surface area (Å²) in [5, 5.41) is 3.39. The van der Waals surface area contributed by atoms with Crippen LogP contribution in [0.25, 0.3) is 10.4 Å². The first kappa shape index (κ1) is 35.7. The zero-order valence-corrected chi connectivity index (χ0v) is 26.1. The highest BCUT2D eigenvalue weighted by Crippen LogP contribution is 2.41. The van der Waals surface area contributed by atoms with E-state index in [9.17, 15) is 4.79 Å². The number of ether oxygens (including phenoxy) is 6. The lowest BCUT2D eigenvalue weighted by Gasteiger charge is -2.30. The van der Waals surface area contributed by atoms with Gasteiger partial charge in [0.05, 0.1) is 46.2 Å². The van der Waals surface area contributed by atoms with Crippen molar-refractivity contribution in [3.63, 3.8) is 0 Å². The normalized spacial score (nSPS) is 12.2. The van der Waals surface area contributed by atoms with Crippen LogP contribution in [0, 0.1) is 0 Å². The van der Waals surface area contributed by atoms with Gasteiger partial charge < -0.3 is 28.4 Å². The summed E-state index contributed by atoms with van der Waals surface area (Å²) in [5.74, 6) is 0.591. The maximum absolute atomic E-state index is 12.6. The van der Waals surface area contributed by atoms with Gasteiger partial charge in [0.25, 0.3) is 0 Å². The van der Waals surface area contributed by atoms with Crippen LogP contribution in [0.3, 0.4) is 0 Å². The van der Waals surface area contributed by atoms with Crippen molar-refractivity contribution in [2.24, 2.45) is 5.11 Å². The van der Waals surface area contributed by atoms with Crippen molar-refractivity contribution in [2.75, 3.05) is 59.4 Å². The molecule has 0 saturated heterocycles. The molecular formula is C30H51N3O7. The maximum atomic E-state index is 12.6. The number of hydrogen-bond acceptors (Lipinski definition) is 8. The molecule has 0 aromatic heterocycles. The first-order valence-electron chi connectivity index (χ1n) is 14.1. The molecule has 10 heteroatoms. The van der Waals surface area contributed by atoms with Crippen LogP contribution in [0.5, 0.6) is 5.75 Å². The van der Waals surface area contributed by atoms with E-state index < -0.39 is 11.8 Å². The third-order valence-corrected chi connectivity index (χ3v) is 5.61. The molecule has 0 N–H and O–H groups in total. The van der Waals surface area contributed by atoms with Gasteiger partial charge in [0.15, 0.2) is 0 Å².